The molecule has 20 heavy (non-hydrogen) atoms. The van der Waals surface area contributed by atoms with Gasteiger partial charge in [-0.25, -0.2) is 4.98 Å². The van der Waals surface area contributed by atoms with Crippen LogP contribution in [0.25, 0.3) is 11.0 Å². The average Bonchev–Trinajstić information content (AvgIpc) is 3.11. The molecule has 0 bridgehead atoms. The van der Waals surface area contributed by atoms with Crippen molar-refractivity contribution in [2.75, 3.05) is 0 Å². The summed E-state index contributed by atoms with van der Waals surface area (Å²) in [4.78, 5) is 4.40. The van der Waals surface area contributed by atoms with Crippen LogP contribution in [0.15, 0.2) is 47.3 Å². The third kappa shape index (κ3) is 2.21. The number of rotatable bonds is 5. The van der Waals surface area contributed by atoms with Crippen LogP contribution in [-0.4, -0.2) is 9.55 Å². The molecular formula is C15H18N4O. The van der Waals surface area contributed by atoms with Crippen molar-refractivity contribution in [2.45, 2.75) is 25.9 Å². The molecule has 3 aromatic rings. The molecule has 0 aliphatic rings. The van der Waals surface area contributed by atoms with E-state index in [0.29, 0.717) is 0 Å². The molecular weight excluding hydrogens is 252 g/mol. The first-order valence-electron chi connectivity index (χ1n) is 6.75. The number of aromatic nitrogens is 2. The Morgan fingerprint density at radius 1 is 1.40 bits per heavy atom. The number of aryl methyl sites for hydroxylation is 1. The van der Waals surface area contributed by atoms with Gasteiger partial charge in [-0.1, -0.05) is 18.2 Å². The van der Waals surface area contributed by atoms with Gasteiger partial charge >= 0.3 is 0 Å². The summed E-state index contributed by atoms with van der Waals surface area (Å²) in [5, 5.41) is 1.09. The second-order valence-corrected chi connectivity index (χ2v) is 4.74. The summed E-state index contributed by atoms with van der Waals surface area (Å²) in [6.07, 6.45) is 6.30. The molecule has 0 aliphatic heterocycles. The van der Waals surface area contributed by atoms with E-state index in [2.05, 4.69) is 21.9 Å². The monoisotopic (exact) mass is 270 g/mol. The molecule has 2 heterocycles. The number of benzene rings is 1. The lowest BCUT2D eigenvalue weighted by Gasteiger charge is -2.15. The standard InChI is InChI=1S/C15H18N4O/c1-2-19-8-7-17-15(19)9-13(18-16)12-10-20-14-6-4-3-5-11(12)14/h3-8,10,13,18H,2,9,16H2,1H3. The van der Waals surface area contributed by atoms with Crippen LogP contribution in [0.1, 0.15) is 24.4 Å². The lowest BCUT2D eigenvalue weighted by atomic mass is 10.0. The van der Waals surface area contributed by atoms with Crippen LogP contribution in [0.2, 0.25) is 0 Å². The smallest absolute Gasteiger partial charge is 0.134 e. The molecule has 0 saturated carbocycles. The third-order valence-electron chi connectivity index (χ3n) is 3.62. The Hall–Kier alpha value is -2.11. The van der Waals surface area contributed by atoms with Gasteiger partial charge in [0.2, 0.25) is 0 Å². The van der Waals surface area contributed by atoms with Crippen molar-refractivity contribution in [3.63, 3.8) is 0 Å². The highest BCUT2D eigenvalue weighted by molar-refractivity contribution is 5.81. The predicted octanol–water partition coefficient (Wildman–Crippen LogP) is 2.40. The van der Waals surface area contributed by atoms with Crippen molar-refractivity contribution in [3.05, 3.63) is 54.3 Å². The highest BCUT2D eigenvalue weighted by Gasteiger charge is 2.18. The Bertz CT molecular complexity index is 701. The van der Waals surface area contributed by atoms with Gasteiger partial charge in [0, 0.05) is 36.3 Å². The summed E-state index contributed by atoms with van der Waals surface area (Å²) < 4.78 is 7.70. The number of hydrazine groups is 1. The minimum Gasteiger partial charge on any atom is -0.464 e. The van der Waals surface area contributed by atoms with Gasteiger partial charge in [-0.3, -0.25) is 11.3 Å². The first-order chi connectivity index (χ1) is 9.83. The van der Waals surface area contributed by atoms with Crippen LogP contribution in [0, 0.1) is 0 Å². The lowest BCUT2D eigenvalue weighted by molar-refractivity contribution is 0.514. The zero-order chi connectivity index (χ0) is 13.9. The summed E-state index contributed by atoms with van der Waals surface area (Å²) in [7, 11) is 0. The maximum Gasteiger partial charge on any atom is 0.134 e. The van der Waals surface area contributed by atoms with Crippen molar-refractivity contribution in [2.24, 2.45) is 5.84 Å². The number of hydrogen-bond acceptors (Lipinski definition) is 4. The maximum atomic E-state index is 5.73. The van der Waals surface area contributed by atoms with Crippen molar-refractivity contribution >= 4 is 11.0 Å². The molecule has 0 amide bonds. The largest absolute Gasteiger partial charge is 0.464 e. The summed E-state index contributed by atoms with van der Waals surface area (Å²) in [5.74, 6) is 6.75. The molecule has 5 nitrogen and oxygen atoms in total. The van der Waals surface area contributed by atoms with E-state index in [1.165, 1.54) is 0 Å². The Morgan fingerprint density at radius 2 is 2.25 bits per heavy atom. The van der Waals surface area contributed by atoms with E-state index in [4.69, 9.17) is 10.3 Å². The molecule has 0 aliphatic carbocycles. The van der Waals surface area contributed by atoms with Gasteiger partial charge < -0.3 is 8.98 Å². The maximum absolute atomic E-state index is 5.73. The van der Waals surface area contributed by atoms with Crippen LogP contribution < -0.4 is 11.3 Å². The molecule has 1 aromatic carbocycles. The van der Waals surface area contributed by atoms with Gasteiger partial charge in [0.25, 0.3) is 0 Å². The Labute approximate surface area is 117 Å². The molecule has 2 aromatic heterocycles. The zero-order valence-electron chi connectivity index (χ0n) is 11.4. The zero-order valence-corrected chi connectivity index (χ0v) is 11.4. The fourth-order valence-corrected chi connectivity index (χ4v) is 2.53. The minimum absolute atomic E-state index is 0.0219. The van der Waals surface area contributed by atoms with Crippen LogP contribution in [-0.2, 0) is 13.0 Å². The Morgan fingerprint density at radius 3 is 3.05 bits per heavy atom. The number of furan rings is 1. The van der Waals surface area contributed by atoms with Crippen molar-refractivity contribution in [1.29, 1.82) is 0 Å². The first-order valence-corrected chi connectivity index (χ1v) is 6.75. The van der Waals surface area contributed by atoms with E-state index in [1.807, 2.05) is 36.7 Å². The molecule has 0 saturated heterocycles. The second-order valence-electron chi connectivity index (χ2n) is 4.74. The van der Waals surface area contributed by atoms with Crippen LogP contribution in [0.3, 0.4) is 0 Å². The van der Waals surface area contributed by atoms with E-state index in [-0.39, 0.29) is 6.04 Å². The number of fused-ring (bicyclic) bond motifs is 1. The highest BCUT2D eigenvalue weighted by atomic mass is 16.3. The molecule has 0 fully saturated rings. The minimum atomic E-state index is -0.0219. The molecule has 3 N–H and O–H groups in total. The molecule has 3 rings (SSSR count). The molecule has 0 radical (unpaired) electrons. The molecule has 1 unspecified atom stereocenters. The number of hydrogen-bond donors (Lipinski definition) is 2. The number of nitrogens with zero attached hydrogens (tertiary/aromatic N) is 2. The van der Waals surface area contributed by atoms with Gasteiger partial charge in [0.15, 0.2) is 0 Å². The van der Waals surface area contributed by atoms with Gasteiger partial charge in [0.05, 0.1) is 12.3 Å². The summed E-state index contributed by atoms with van der Waals surface area (Å²) in [6.45, 7) is 3.00. The fraction of sp³-hybridized carbons (Fsp3) is 0.267. The number of para-hydroxylation sites is 1. The second kappa shape index (κ2) is 5.48. The summed E-state index contributed by atoms with van der Waals surface area (Å²) in [6, 6.07) is 7.95. The van der Waals surface area contributed by atoms with Crippen LogP contribution in [0.4, 0.5) is 0 Å². The van der Waals surface area contributed by atoms with Gasteiger partial charge in [0.1, 0.15) is 11.4 Å². The Kier molecular flexibility index (Phi) is 3.54. The van der Waals surface area contributed by atoms with Crippen LogP contribution in [0.5, 0.6) is 0 Å². The van der Waals surface area contributed by atoms with Crippen LogP contribution >= 0.6 is 0 Å². The number of nitrogens with one attached hydrogen (secondary N) is 1. The van der Waals surface area contributed by atoms with Gasteiger partial charge in [-0.2, -0.15) is 0 Å². The quantitative estimate of drug-likeness (QED) is 0.552. The number of imidazole rings is 1. The SMILES string of the molecule is CCn1ccnc1CC(NN)c1coc2ccccc12. The fourth-order valence-electron chi connectivity index (χ4n) is 2.53. The van der Waals surface area contributed by atoms with E-state index < -0.39 is 0 Å². The van der Waals surface area contributed by atoms with Crippen molar-refractivity contribution < 1.29 is 4.42 Å². The summed E-state index contributed by atoms with van der Waals surface area (Å²) >= 11 is 0. The van der Waals surface area contributed by atoms with Gasteiger partial charge in [-0.05, 0) is 13.0 Å². The van der Waals surface area contributed by atoms with E-state index in [0.717, 1.165) is 35.3 Å². The van der Waals surface area contributed by atoms with Crippen molar-refractivity contribution in [3.8, 4) is 0 Å². The first kappa shape index (κ1) is 12.9. The predicted molar refractivity (Wildman–Crippen MR) is 77.9 cm³/mol. The topological polar surface area (TPSA) is 69.0 Å². The van der Waals surface area contributed by atoms with E-state index in [1.54, 1.807) is 6.26 Å². The normalized spacial score (nSPS) is 12.9. The summed E-state index contributed by atoms with van der Waals surface area (Å²) in [5.41, 5.74) is 4.81. The molecule has 1 atom stereocenters. The third-order valence-corrected chi connectivity index (χ3v) is 3.62. The molecule has 5 heteroatoms. The Balaban J connectivity index is 1.94. The molecule has 0 spiro atoms. The molecule has 104 valence electrons. The van der Waals surface area contributed by atoms with E-state index in [9.17, 15) is 0 Å². The number of nitrogens with two attached hydrogens (primary N) is 1. The average molecular weight is 270 g/mol. The van der Waals surface area contributed by atoms with E-state index >= 15 is 0 Å². The van der Waals surface area contributed by atoms with Crippen molar-refractivity contribution in [1.82, 2.24) is 15.0 Å². The van der Waals surface area contributed by atoms with Gasteiger partial charge in [-0.15, -0.1) is 0 Å². The highest BCUT2D eigenvalue weighted by Crippen LogP contribution is 2.27. The lowest BCUT2D eigenvalue weighted by Crippen LogP contribution is -2.30.